The van der Waals surface area contributed by atoms with E-state index in [2.05, 4.69) is 20.5 Å². The number of anilines is 1. The van der Waals surface area contributed by atoms with Crippen LogP contribution in [0.15, 0.2) is 12.3 Å². The fourth-order valence-electron chi connectivity index (χ4n) is 2.76. The van der Waals surface area contributed by atoms with Gasteiger partial charge in [0.1, 0.15) is 5.82 Å². The lowest BCUT2D eigenvalue weighted by molar-refractivity contribution is -0.129. The molecule has 1 aliphatic rings. The number of rotatable bonds is 2. The minimum atomic E-state index is 0.161. The van der Waals surface area contributed by atoms with Crippen LogP contribution in [-0.4, -0.2) is 45.1 Å². The Bertz CT molecular complexity index is 628. The summed E-state index contributed by atoms with van der Waals surface area (Å²) >= 11 is 0. The molecule has 6 heteroatoms. The van der Waals surface area contributed by atoms with E-state index in [0.717, 1.165) is 48.3 Å². The molecule has 1 saturated heterocycles. The first-order valence-corrected chi connectivity index (χ1v) is 6.97. The number of carbonyl (C=O) groups is 1. The van der Waals surface area contributed by atoms with Crippen molar-refractivity contribution in [3.63, 3.8) is 0 Å². The van der Waals surface area contributed by atoms with Gasteiger partial charge < -0.3 is 10.2 Å². The number of nitrogens with zero attached hydrogens (tertiary/aromatic N) is 3. The molecule has 0 bridgehead atoms. The van der Waals surface area contributed by atoms with Crippen molar-refractivity contribution >= 4 is 22.6 Å². The van der Waals surface area contributed by atoms with Crippen molar-refractivity contribution < 1.29 is 4.79 Å². The predicted molar refractivity (Wildman–Crippen MR) is 77.5 cm³/mol. The highest BCUT2D eigenvalue weighted by Gasteiger charge is 2.21. The van der Waals surface area contributed by atoms with E-state index in [-0.39, 0.29) is 5.91 Å². The average Bonchev–Trinajstić information content (AvgIpc) is 2.82. The number of amides is 1. The Labute approximate surface area is 117 Å². The molecule has 6 nitrogen and oxygen atoms in total. The average molecular weight is 273 g/mol. The quantitative estimate of drug-likeness (QED) is 0.873. The summed E-state index contributed by atoms with van der Waals surface area (Å²) in [5.41, 5.74) is 1.96. The fourth-order valence-corrected chi connectivity index (χ4v) is 2.76. The molecule has 1 aliphatic heterocycles. The lowest BCUT2D eigenvalue weighted by Crippen LogP contribution is -2.41. The van der Waals surface area contributed by atoms with Crippen LogP contribution in [0.2, 0.25) is 0 Å². The van der Waals surface area contributed by atoms with Gasteiger partial charge >= 0.3 is 0 Å². The number of H-pyrrole nitrogens is 1. The van der Waals surface area contributed by atoms with E-state index in [1.165, 1.54) is 0 Å². The largest absolute Gasteiger partial charge is 0.367 e. The van der Waals surface area contributed by atoms with E-state index in [1.54, 1.807) is 13.1 Å². The van der Waals surface area contributed by atoms with Crippen LogP contribution >= 0.6 is 0 Å². The van der Waals surface area contributed by atoms with E-state index in [0.29, 0.717) is 6.04 Å². The molecular formula is C14H19N5O. The Hall–Kier alpha value is -2.11. The molecule has 0 aromatic carbocycles. The third-order valence-corrected chi connectivity index (χ3v) is 3.94. The first-order valence-electron chi connectivity index (χ1n) is 6.97. The first kappa shape index (κ1) is 12.9. The zero-order valence-corrected chi connectivity index (χ0v) is 11.8. The number of hydrogen-bond acceptors (Lipinski definition) is 4. The van der Waals surface area contributed by atoms with Crippen molar-refractivity contribution in [2.45, 2.75) is 32.7 Å². The molecular weight excluding hydrogens is 254 g/mol. The van der Waals surface area contributed by atoms with Gasteiger partial charge in [0.15, 0.2) is 0 Å². The molecule has 1 fully saturated rings. The van der Waals surface area contributed by atoms with Crippen LogP contribution < -0.4 is 5.32 Å². The number of aromatic amines is 1. The second-order valence-electron chi connectivity index (χ2n) is 5.32. The third-order valence-electron chi connectivity index (χ3n) is 3.94. The van der Waals surface area contributed by atoms with Crippen LogP contribution in [0.1, 0.15) is 25.5 Å². The van der Waals surface area contributed by atoms with E-state index in [4.69, 9.17) is 0 Å². The number of carbonyl (C=O) groups excluding carboxylic acids is 1. The number of nitrogens with one attached hydrogen (secondary N) is 2. The minimum Gasteiger partial charge on any atom is -0.367 e. The summed E-state index contributed by atoms with van der Waals surface area (Å²) in [4.78, 5) is 17.7. The molecule has 2 N–H and O–H groups in total. The monoisotopic (exact) mass is 273 g/mol. The summed E-state index contributed by atoms with van der Waals surface area (Å²) < 4.78 is 0. The van der Waals surface area contributed by atoms with Crippen LogP contribution in [0.4, 0.5) is 5.82 Å². The number of piperidine rings is 1. The van der Waals surface area contributed by atoms with Crippen LogP contribution in [0.3, 0.4) is 0 Å². The van der Waals surface area contributed by atoms with Crippen LogP contribution in [-0.2, 0) is 4.79 Å². The van der Waals surface area contributed by atoms with Gasteiger partial charge in [0.05, 0.1) is 16.6 Å². The maximum atomic E-state index is 11.3. The number of likely N-dealkylation sites (tertiary alicyclic amines) is 1. The maximum absolute atomic E-state index is 11.3. The van der Waals surface area contributed by atoms with Gasteiger partial charge in [0, 0.05) is 32.3 Å². The summed E-state index contributed by atoms with van der Waals surface area (Å²) in [5, 5.41) is 11.8. The zero-order valence-electron chi connectivity index (χ0n) is 11.8. The summed E-state index contributed by atoms with van der Waals surface area (Å²) in [6.07, 6.45) is 3.69. The Morgan fingerprint density at radius 2 is 2.20 bits per heavy atom. The standard InChI is InChI=1S/C14H19N5O/c1-9-13-12(18-17-9)3-6-15-14(13)16-11-4-7-19(8-5-11)10(2)20/h3,6,11H,4-5,7-8H2,1-2H3,(H,15,16)(H,17,18). The number of pyridine rings is 1. The van der Waals surface area contributed by atoms with Gasteiger partial charge in [-0.25, -0.2) is 4.98 Å². The van der Waals surface area contributed by atoms with E-state index < -0.39 is 0 Å². The van der Waals surface area contributed by atoms with Gasteiger partial charge in [-0.2, -0.15) is 5.10 Å². The van der Waals surface area contributed by atoms with E-state index in [9.17, 15) is 4.79 Å². The Morgan fingerprint density at radius 3 is 2.90 bits per heavy atom. The molecule has 3 heterocycles. The highest BCUT2D eigenvalue weighted by Crippen LogP contribution is 2.24. The molecule has 2 aromatic rings. The molecule has 0 unspecified atom stereocenters. The lowest BCUT2D eigenvalue weighted by atomic mass is 10.0. The van der Waals surface area contributed by atoms with Gasteiger partial charge in [0.2, 0.25) is 5.91 Å². The van der Waals surface area contributed by atoms with Crippen molar-refractivity contribution in [1.82, 2.24) is 20.1 Å². The minimum absolute atomic E-state index is 0.161. The van der Waals surface area contributed by atoms with Crippen molar-refractivity contribution in [3.05, 3.63) is 18.0 Å². The molecule has 0 radical (unpaired) electrons. The number of aromatic nitrogens is 3. The van der Waals surface area contributed by atoms with Gasteiger partial charge in [0.25, 0.3) is 0 Å². The predicted octanol–water partition coefficient (Wildman–Crippen LogP) is 1.69. The second kappa shape index (κ2) is 5.11. The molecule has 0 atom stereocenters. The Balaban J connectivity index is 1.74. The van der Waals surface area contributed by atoms with Crippen molar-refractivity contribution in [2.75, 3.05) is 18.4 Å². The van der Waals surface area contributed by atoms with Crippen molar-refractivity contribution in [2.24, 2.45) is 0 Å². The molecule has 0 spiro atoms. The topological polar surface area (TPSA) is 73.9 Å². The molecule has 3 rings (SSSR count). The van der Waals surface area contributed by atoms with E-state index >= 15 is 0 Å². The highest BCUT2D eigenvalue weighted by molar-refractivity contribution is 5.91. The lowest BCUT2D eigenvalue weighted by Gasteiger charge is -2.32. The Morgan fingerprint density at radius 1 is 1.45 bits per heavy atom. The molecule has 2 aromatic heterocycles. The highest BCUT2D eigenvalue weighted by atomic mass is 16.2. The molecule has 20 heavy (non-hydrogen) atoms. The van der Waals surface area contributed by atoms with Gasteiger partial charge in [-0.05, 0) is 25.8 Å². The summed E-state index contributed by atoms with van der Waals surface area (Å²) in [6.45, 7) is 5.23. The van der Waals surface area contributed by atoms with E-state index in [1.807, 2.05) is 17.9 Å². The number of hydrogen-bond donors (Lipinski definition) is 2. The fraction of sp³-hybridized carbons (Fsp3) is 0.500. The normalized spacial score (nSPS) is 16.6. The maximum Gasteiger partial charge on any atom is 0.219 e. The second-order valence-corrected chi connectivity index (χ2v) is 5.32. The SMILES string of the molecule is CC(=O)N1CCC(Nc2nccc3[nH]nc(C)c23)CC1. The van der Waals surface area contributed by atoms with Crippen LogP contribution in [0, 0.1) is 6.92 Å². The third kappa shape index (κ3) is 2.33. The molecule has 0 saturated carbocycles. The Kier molecular flexibility index (Phi) is 3.30. The zero-order chi connectivity index (χ0) is 14.1. The summed E-state index contributed by atoms with van der Waals surface area (Å²) in [6, 6.07) is 2.29. The molecule has 106 valence electrons. The number of fused-ring (bicyclic) bond motifs is 1. The van der Waals surface area contributed by atoms with Gasteiger partial charge in [-0.1, -0.05) is 0 Å². The smallest absolute Gasteiger partial charge is 0.219 e. The van der Waals surface area contributed by atoms with Crippen LogP contribution in [0.5, 0.6) is 0 Å². The van der Waals surface area contributed by atoms with Crippen molar-refractivity contribution in [3.8, 4) is 0 Å². The number of aryl methyl sites for hydroxylation is 1. The van der Waals surface area contributed by atoms with Crippen LogP contribution in [0.25, 0.3) is 10.9 Å². The summed E-state index contributed by atoms with van der Waals surface area (Å²) in [7, 11) is 0. The van der Waals surface area contributed by atoms with Gasteiger partial charge in [-0.3, -0.25) is 9.89 Å². The van der Waals surface area contributed by atoms with Crippen molar-refractivity contribution in [1.29, 1.82) is 0 Å². The molecule has 0 aliphatic carbocycles. The summed E-state index contributed by atoms with van der Waals surface area (Å²) in [5.74, 6) is 1.05. The first-order chi connectivity index (χ1) is 9.65. The van der Waals surface area contributed by atoms with Gasteiger partial charge in [-0.15, -0.1) is 0 Å². The molecule has 1 amide bonds.